The fourth-order valence-electron chi connectivity index (χ4n) is 7.09. The molecule has 6 aromatic rings. The molecule has 0 unspecified atom stereocenters. The average molecular weight is 949 g/mol. The highest BCUT2D eigenvalue weighted by Gasteiger charge is 2.13. The largest absolute Gasteiger partial charge is 0.493 e. The number of benzene rings is 4. The van der Waals surface area contributed by atoms with Gasteiger partial charge in [0.05, 0.1) is 56.9 Å². The Morgan fingerprint density at radius 3 is 0.725 bits per heavy atom. The summed E-state index contributed by atoms with van der Waals surface area (Å²) in [4.78, 5) is 28.0. The second-order valence-electron chi connectivity index (χ2n) is 15.4. The minimum atomic E-state index is 0.421. The second kappa shape index (κ2) is 26.4. The summed E-state index contributed by atoms with van der Waals surface area (Å²) in [5.41, 5.74) is 3.89. The molecule has 0 bridgehead atoms. The summed E-state index contributed by atoms with van der Waals surface area (Å²) in [5, 5.41) is 20.1. The normalized spacial score (nSPS) is 10.7. The monoisotopic (exact) mass is 948 g/mol. The number of nitrogens with one attached hydrogen (secondary N) is 6. The number of rotatable bonds is 30. The van der Waals surface area contributed by atoms with E-state index in [-0.39, 0.29) is 0 Å². The van der Waals surface area contributed by atoms with Gasteiger partial charge in [-0.05, 0) is 83.6 Å². The topological polar surface area (TPSA) is 223 Å². The Balaban J connectivity index is 1.01. The van der Waals surface area contributed by atoms with Crippen LogP contribution in [0.1, 0.15) is 54.4 Å². The Labute approximate surface area is 403 Å². The Morgan fingerprint density at radius 1 is 0.275 bits per heavy atom. The zero-order valence-electron chi connectivity index (χ0n) is 40.7. The fourth-order valence-corrected chi connectivity index (χ4v) is 7.09. The first-order valence-corrected chi connectivity index (χ1v) is 22.6. The minimum absolute atomic E-state index is 0.421. The van der Waals surface area contributed by atoms with Crippen LogP contribution in [0.4, 0.5) is 35.7 Å². The molecule has 69 heavy (non-hydrogen) atoms. The lowest BCUT2D eigenvalue weighted by molar-refractivity contribution is 0.354. The maximum Gasteiger partial charge on any atom is 0.229 e. The van der Waals surface area contributed by atoms with Crippen molar-refractivity contribution in [2.24, 2.45) is 0 Å². The van der Waals surface area contributed by atoms with E-state index in [0.29, 0.717) is 121 Å². The highest BCUT2D eigenvalue weighted by atomic mass is 16.5. The molecule has 2 aromatic heterocycles. The fraction of sp³-hybridized carbons (Fsp3) is 0.388. The lowest BCUT2D eigenvalue weighted by Crippen LogP contribution is -2.13. The molecule has 0 fully saturated rings. The molecule has 6 N–H and O–H groups in total. The molecule has 20 heteroatoms. The molecule has 0 saturated carbocycles. The highest BCUT2D eigenvalue weighted by molar-refractivity contribution is 5.49. The second-order valence-corrected chi connectivity index (χ2v) is 15.4. The quantitative estimate of drug-likeness (QED) is 0.0235. The first-order chi connectivity index (χ1) is 33.8. The van der Waals surface area contributed by atoms with Crippen LogP contribution in [0.15, 0.2) is 72.8 Å². The number of ether oxygens (including phenoxy) is 8. The van der Waals surface area contributed by atoms with Crippen LogP contribution in [-0.2, 0) is 26.2 Å². The van der Waals surface area contributed by atoms with Crippen LogP contribution in [0.5, 0.6) is 46.0 Å². The number of unbranched alkanes of at least 4 members (excludes halogenated alkanes) is 4. The van der Waals surface area contributed by atoms with Gasteiger partial charge in [0.25, 0.3) is 0 Å². The van der Waals surface area contributed by atoms with E-state index < -0.39 is 0 Å². The van der Waals surface area contributed by atoms with E-state index in [2.05, 4.69) is 61.8 Å². The lowest BCUT2D eigenvalue weighted by Gasteiger charge is -2.13. The van der Waals surface area contributed by atoms with Gasteiger partial charge in [0, 0.05) is 39.3 Å². The Morgan fingerprint density at radius 2 is 0.493 bits per heavy atom. The molecule has 0 aliphatic rings. The van der Waals surface area contributed by atoms with Crippen LogP contribution in [0.2, 0.25) is 0 Å². The predicted molar refractivity (Wildman–Crippen MR) is 267 cm³/mol. The molecule has 0 aliphatic heterocycles. The average Bonchev–Trinajstić information content (AvgIpc) is 3.39. The standard InChI is InChI=1S/C49H64N12O8/c1-62-36-18-14-32(24-40(36)66-5)28-52-46-56-44(57-47(60-46)53-29-33-15-19-37(63-2)41(25-33)67-6)50-22-12-10-9-11-13-23-51-45-58-48(54-30-34-16-20-38(64-3)42(26-34)68-7)61-49(59-45)55-31-35-17-21-39(65-4)43(27-35)69-8/h14-21,24-27H,9-13,22-23,28-31H2,1-8H3,(H3,50,52,53,56,57,60)(H3,51,54,55,58,59,61). The molecule has 0 amide bonds. The van der Waals surface area contributed by atoms with Crippen molar-refractivity contribution >= 4 is 35.7 Å². The van der Waals surface area contributed by atoms with Crippen LogP contribution >= 0.6 is 0 Å². The summed E-state index contributed by atoms with van der Waals surface area (Å²) >= 11 is 0. The van der Waals surface area contributed by atoms with Crippen LogP contribution in [0.3, 0.4) is 0 Å². The molecular formula is C49H64N12O8. The van der Waals surface area contributed by atoms with Crippen molar-refractivity contribution < 1.29 is 37.9 Å². The summed E-state index contributed by atoms with van der Waals surface area (Å²) in [7, 11) is 12.9. The van der Waals surface area contributed by atoms with Crippen molar-refractivity contribution in [1.82, 2.24) is 29.9 Å². The zero-order chi connectivity index (χ0) is 48.8. The molecule has 20 nitrogen and oxygen atoms in total. The Hall–Kier alpha value is -7.90. The maximum absolute atomic E-state index is 5.49. The zero-order valence-corrected chi connectivity index (χ0v) is 40.7. The van der Waals surface area contributed by atoms with Crippen LogP contribution in [0, 0.1) is 0 Å². The number of methoxy groups -OCH3 is 8. The van der Waals surface area contributed by atoms with Crippen LogP contribution < -0.4 is 69.8 Å². The van der Waals surface area contributed by atoms with Crippen molar-refractivity contribution in [2.75, 3.05) is 102 Å². The number of hydrogen-bond acceptors (Lipinski definition) is 20. The summed E-state index contributed by atoms with van der Waals surface area (Å²) in [5.74, 6) is 7.80. The third-order valence-electron chi connectivity index (χ3n) is 10.8. The Kier molecular flexibility index (Phi) is 19.4. The third kappa shape index (κ3) is 15.1. The van der Waals surface area contributed by atoms with Gasteiger partial charge >= 0.3 is 0 Å². The van der Waals surface area contributed by atoms with Gasteiger partial charge in [-0.1, -0.05) is 43.5 Å². The Bertz CT molecular complexity index is 2230. The van der Waals surface area contributed by atoms with E-state index in [1.54, 1.807) is 56.9 Å². The van der Waals surface area contributed by atoms with Crippen LogP contribution in [0.25, 0.3) is 0 Å². The van der Waals surface area contributed by atoms with E-state index in [4.69, 9.17) is 37.9 Å². The van der Waals surface area contributed by atoms with Gasteiger partial charge in [-0.3, -0.25) is 0 Å². The van der Waals surface area contributed by atoms with Crippen LogP contribution in [-0.4, -0.2) is 99.9 Å². The summed E-state index contributed by atoms with van der Waals surface area (Å²) in [6.07, 6.45) is 4.95. The highest BCUT2D eigenvalue weighted by Crippen LogP contribution is 2.31. The molecule has 4 aromatic carbocycles. The van der Waals surface area contributed by atoms with E-state index >= 15 is 0 Å². The van der Waals surface area contributed by atoms with Crippen molar-refractivity contribution in [3.63, 3.8) is 0 Å². The molecule has 2 heterocycles. The summed E-state index contributed by atoms with van der Waals surface area (Å²) in [6, 6.07) is 23.0. The first-order valence-electron chi connectivity index (χ1n) is 22.6. The van der Waals surface area contributed by atoms with Gasteiger partial charge in [-0.25, -0.2) is 0 Å². The van der Waals surface area contributed by atoms with Crippen molar-refractivity contribution in [3.05, 3.63) is 95.1 Å². The molecule has 6 rings (SSSR count). The van der Waals surface area contributed by atoms with Gasteiger partial charge in [-0.2, -0.15) is 29.9 Å². The number of aromatic nitrogens is 6. The summed E-state index contributed by atoms with van der Waals surface area (Å²) < 4.78 is 43.6. The smallest absolute Gasteiger partial charge is 0.229 e. The van der Waals surface area contributed by atoms with Crippen molar-refractivity contribution in [3.8, 4) is 46.0 Å². The van der Waals surface area contributed by atoms with E-state index in [9.17, 15) is 0 Å². The number of nitrogens with zero attached hydrogens (tertiary/aromatic N) is 6. The van der Waals surface area contributed by atoms with Gasteiger partial charge < -0.3 is 69.8 Å². The minimum Gasteiger partial charge on any atom is -0.493 e. The SMILES string of the molecule is COc1ccc(CNc2nc(NCCCCCCCNc3nc(NCc4ccc(OC)c(OC)c4)nc(NCc4ccc(OC)c(OC)c4)n3)nc(NCc3ccc(OC)c(OC)c3)n2)cc1OC. The van der Waals surface area contributed by atoms with Gasteiger partial charge in [0.2, 0.25) is 35.7 Å². The van der Waals surface area contributed by atoms with Gasteiger partial charge in [0.15, 0.2) is 46.0 Å². The maximum atomic E-state index is 5.49. The molecule has 0 saturated heterocycles. The van der Waals surface area contributed by atoms with Crippen molar-refractivity contribution in [2.45, 2.75) is 58.3 Å². The molecule has 0 radical (unpaired) electrons. The van der Waals surface area contributed by atoms with E-state index in [1.807, 2.05) is 72.8 Å². The predicted octanol–water partition coefficient (Wildman–Crippen LogP) is 8.05. The molecule has 0 atom stereocenters. The molecule has 0 aliphatic carbocycles. The van der Waals surface area contributed by atoms with Gasteiger partial charge in [0.1, 0.15) is 0 Å². The number of hydrogen-bond donors (Lipinski definition) is 6. The van der Waals surface area contributed by atoms with Gasteiger partial charge in [-0.15, -0.1) is 0 Å². The molecule has 368 valence electrons. The third-order valence-corrected chi connectivity index (χ3v) is 10.8. The molecule has 0 spiro atoms. The van der Waals surface area contributed by atoms with E-state index in [1.165, 1.54) is 0 Å². The first kappa shape index (κ1) is 50.5. The van der Waals surface area contributed by atoms with E-state index in [0.717, 1.165) is 54.4 Å². The number of anilines is 6. The summed E-state index contributed by atoms with van der Waals surface area (Å²) in [6.45, 7) is 3.21. The van der Waals surface area contributed by atoms with Crippen molar-refractivity contribution in [1.29, 1.82) is 0 Å². The lowest BCUT2D eigenvalue weighted by atomic mass is 10.1. The molecular weight excluding hydrogens is 885 g/mol.